The van der Waals surface area contributed by atoms with Gasteiger partial charge in [-0.05, 0) is 30.5 Å². The Balaban J connectivity index is 1.81. The van der Waals surface area contributed by atoms with E-state index in [-0.39, 0.29) is 5.41 Å². The van der Waals surface area contributed by atoms with Gasteiger partial charge in [0.2, 0.25) is 0 Å². The number of carbonyl (C=O) groups excluding carboxylic acids is 1. The second-order valence-electron chi connectivity index (χ2n) is 8.33. The van der Waals surface area contributed by atoms with Crippen molar-refractivity contribution >= 4 is 12.0 Å². The zero-order valence-electron chi connectivity index (χ0n) is 15.2. The first-order valence-electron chi connectivity index (χ1n) is 9.77. The van der Waals surface area contributed by atoms with Gasteiger partial charge in [0.15, 0.2) is 0 Å². The maximum atomic E-state index is 12.2. The highest BCUT2D eigenvalue weighted by molar-refractivity contribution is 5.84. The number of fused-ring (bicyclic) bond motifs is 2. The second kappa shape index (κ2) is 5.07. The molecule has 1 unspecified atom stereocenters. The van der Waals surface area contributed by atoms with Crippen LogP contribution in [-0.4, -0.2) is 36.4 Å². The van der Waals surface area contributed by atoms with Crippen LogP contribution in [0.1, 0.15) is 38.7 Å². The van der Waals surface area contributed by atoms with Crippen LogP contribution >= 0.6 is 0 Å². The van der Waals surface area contributed by atoms with Gasteiger partial charge in [0.1, 0.15) is 18.9 Å². The average molecular weight is 335 g/mol. The van der Waals surface area contributed by atoms with E-state index in [1.54, 1.807) is 0 Å². The van der Waals surface area contributed by atoms with Gasteiger partial charge in [-0.25, -0.2) is 0 Å². The Morgan fingerprint density at radius 2 is 2.20 bits per heavy atom. The van der Waals surface area contributed by atoms with Crippen LogP contribution in [0.15, 0.2) is 47.2 Å². The molecule has 1 spiro atoms. The summed E-state index contributed by atoms with van der Waals surface area (Å²) in [6.45, 7) is 8.08. The minimum absolute atomic E-state index is 0.0395. The van der Waals surface area contributed by atoms with E-state index in [4.69, 9.17) is 0 Å². The van der Waals surface area contributed by atoms with Crippen LogP contribution in [0, 0.1) is 5.92 Å². The number of hydrogen-bond donors (Lipinski definition) is 1. The fraction of sp³-hybridized carbons (Fsp3) is 0.500. The Bertz CT molecular complexity index is 823. The topological polar surface area (TPSA) is 29.1 Å². The van der Waals surface area contributed by atoms with E-state index in [2.05, 4.69) is 49.5 Å². The van der Waals surface area contributed by atoms with Crippen molar-refractivity contribution in [3.05, 3.63) is 52.7 Å². The molecule has 2 fully saturated rings. The SMILES string of the molecule is C/C=C1/C[N+]2(CCC)CC[C@]34C(=C(C=O)[C@H]1C[C@@H]32)Nc1ccccc14. The molecule has 3 heterocycles. The van der Waals surface area contributed by atoms with Gasteiger partial charge in [-0.3, -0.25) is 4.79 Å². The lowest BCUT2D eigenvalue weighted by atomic mass is 9.61. The molecular weight excluding hydrogens is 308 g/mol. The molecular formula is C22H27N2O+. The number of quaternary nitrogens is 1. The molecule has 0 amide bonds. The first-order chi connectivity index (χ1) is 12.2. The highest BCUT2D eigenvalue weighted by Gasteiger charge is 2.68. The Morgan fingerprint density at radius 1 is 1.36 bits per heavy atom. The largest absolute Gasteiger partial charge is 0.357 e. The van der Waals surface area contributed by atoms with E-state index in [1.807, 2.05) is 0 Å². The van der Waals surface area contributed by atoms with Gasteiger partial charge < -0.3 is 9.80 Å². The van der Waals surface area contributed by atoms with E-state index in [0.717, 1.165) is 31.2 Å². The molecule has 5 rings (SSSR count). The zero-order chi connectivity index (χ0) is 17.2. The summed E-state index contributed by atoms with van der Waals surface area (Å²) < 4.78 is 1.22. The molecule has 1 aromatic rings. The quantitative estimate of drug-likeness (QED) is 0.517. The number of nitrogens with one attached hydrogen (secondary N) is 1. The van der Waals surface area contributed by atoms with Crippen molar-refractivity contribution < 1.29 is 9.28 Å². The van der Waals surface area contributed by atoms with E-state index < -0.39 is 0 Å². The zero-order valence-corrected chi connectivity index (χ0v) is 15.2. The Labute approximate surface area is 150 Å². The van der Waals surface area contributed by atoms with Crippen molar-refractivity contribution in [3.63, 3.8) is 0 Å². The number of benzene rings is 1. The number of para-hydroxylation sites is 1. The molecule has 0 saturated carbocycles. The van der Waals surface area contributed by atoms with Crippen molar-refractivity contribution in [2.75, 3.05) is 25.0 Å². The molecule has 2 bridgehead atoms. The summed E-state index contributed by atoms with van der Waals surface area (Å²) in [5, 5.41) is 3.70. The highest BCUT2D eigenvalue weighted by atomic mass is 16.1. The number of hydrogen-bond acceptors (Lipinski definition) is 2. The van der Waals surface area contributed by atoms with Gasteiger partial charge in [-0.15, -0.1) is 0 Å². The van der Waals surface area contributed by atoms with Crippen molar-refractivity contribution in [1.29, 1.82) is 0 Å². The predicted molar refractivity (Wildman–Crippen MR) is 100 cm³/mol. The fourth-order valence-corrected chi connectivity index (χ4v) is 6.68. The summed E-state index contributed by atoms with van der Waals surface area (Å²) >= 11 is 0. The van der Waals surface area contributed by atoms with E-state index >= 15 is 0 Å². The first kappa shape index (κ1) is 15.4. The van der Waals surface area contributed by atoms with E-state index in [1.165, 1.54) is 46.5 Å². The van der Waals surface area contributed by atoms with Crippen molar-refractivity contribution in [3.8, 4) is 0 Å². The number of piperidine rings is 1. The summed E-state index contributed by atoms with van der Waals surface area (Å²) in [5.41, 5.74) is 6.44. The monoisotopic (exact) mass is 335 g/mol. The molecule has 4 atom stereocenters. The van der Waals surface area contributed by atoms with Gasteiger partial charge in [0, 0.05) is 35.7 Å². The van der Waals surface area contributed by atoms with Crippen LogP contribution in [0.4, 0.5) is 5.69 Å². The first-order valence-corrected chi connectivity index (χ1v) is 9.77. The van der Waals surface area contributed by atoms with Crippen molar-refractivity contribution in [2.45, 2.75) is 44.6 Å². The average Bonchev–Trinajstić information content (AvgIpc) is 3.16. The summed E-state index contributed by atoms with van der Waals surface area (Å²) in [5.74, 6) is 0.318. The smallest absolute Gasteiger partial charge is 0.148 e. The van der Waals surface area contributed by atoms with Crippen LogP contribution in [0.25, 0.3) is 0 Å². The molecule has 0 aromatic heterocycles. The lowest BCUT2D eigenvalue weighted by Crippen LogP contribution is -2.63. The van der Waals surface area contributed by atoms with Crippen LogP contribution in [0.5, 0.6) is 0 Å². The van der Waals surface area contributed by atoms with E-state index in [9.17, 15) is 4.79 Å². The number of allylic oxidation sites excluding steroid dienone is 2. The van der Waals surface area contributed by atoms with Gasteiger partial charge in [-0.1, -0.05) is 31.2 Å². The number of rotatable bonds is 3. The standard InChI is InChI=1S/C22H26N2O/c1-3-10-24-11-9-22-18-7-5-6-8-19(18)23-21(22)17(14-25)16(12-20(22)24)15(4-2)13-24/h4-8,14,16,20H,3,9-13H2,1-2H3/p+1/b15-4-/t16-,20-,22+,24?/m0/s1. The molecule has 1 N–H and O–H groups in total. The Hall–Kier alpha value is -1.87. The maximum absolute atomic E-state index is 12.2. The van der Waals surface area contributed by atoms with Crippen LogP contribution in [-0.2, 0) is 10.2 Å². The minimum Gasteiger partial charge on any atom is -0.357 e. The third-order valence-electron chi connectivity index (χ3n) is 7.53. The molecule has 3 nitrogen and oxygen atoms in total. The van der Waals surface area contributed by atoms with Gasteiger partial charge in [0.05, 0.1) is 18.5 Å². The molecule has 1 aromatic carbocycles. The van der Waals surface area contributed by atoms with Crippen molar-refractivity contribution in [1.82, 2.24) is 0 Å². The Morgan fingerprint density at radius 3 is 2.96 bits per heavy atom. The maximum Gasteiger partial charge on any atom is 0.148 e. The molecule has 2 saturated heterocycles. The fourth-order valence-electron chi connectivity index (χ4n) is 6.68. The summed E-state index contributed by atoms with van der Waals surface area (Å²) in [6, 6.07) is 9.36. The minimum atomic E-state index is 0.0395. The summed E-state index contributed by atoms with van der Waals surface area (Å²) in [7, 11) is 0. The van der Waals surface area contributed by atoms with Gasteiger partial charge >= 0.3 is 0 Å². The number of carbonyl (C=O) groups is 1. The lowest BCUT2D eigenvalue weighted by Gasteiger charge is -2.53. The Kier molecular flexibility index (Phi) is 3.12. The third kappa shape index (κ3) is 1.68. The van der Waals surface area contributed by atoms with Crippen LogP contribution in [0.3, 0.4) is 0 Å². The molecule has 3 heteroatoms. The summed E-state index contributed by atoms with van der Waals surface area (Å²) in [6.07, 6.45) is 6.96. The van der Waals surface area contributed by atoms with Crippen LogP contribution in [0.2, 0.25) is 0 Å². The lowest BCUT2D eigenvalue weighted by molar-refractivity contribution is -0.941. The van der Waals surface area contributed by atoms with E-state index in [0.29, 0.717) is 12.0 Å². The molecule has 3 aliphatic heterocycles. The predicted octanol–water partition coefficient (Wildman–Crippen LogP) is 3.78. The normalized spacial score (nSPS) is 39.2. The number of anilines is 1. The van der Waals surface area contributed by atoms with Gasteiger partial charge in [0.25, 0.3) is 0 Å². The molecule has 25 heavy (non-hydrogen) atoms. The second-order valence-corrected chi connectivity index (χ2v) is 8.33. The third-order valence-corrected chi connectivity index (χ3v) is 7.53. The number of nitrogens with zero attached hydrogens (tertiary/aromatic N) is 1. The number of aldehydes is 1. The van der Waals surface area contributed by atoms with Crippen LogP contribution < -0.4 is 5.32 Å². The van der Waals surface area contributed by atoms with Crippen molar-refractivity contribution in [2.24, 2.45) is 5.92 Å². The summed E-state index contributed by atoms with van der Waals surface area (Å²) in [4.78, 5) is 12.2. The molecule has 1 aliphatic carbocycles. The molecule has 4 aliphatic rings. The van der Waals surface area contributed by atoms with Gasteiger partial charge in [-0.2, -0.15) is 0 Å². The highest BCUT2D eigenvalue weighted by Crippen LogP contribution is 2.63. The molecule has 0 radical (unpaired) electrons. The molecule has 130 valence electrons.